The summed E-state index contributed by atoms with van der Waals surface area (Å²) in [5.41, 5.74) is 3.81. The first-order valence-electron chi connectivity index (χ1n) is 9.41. The highest BCUT2D eigenvalue weighted by atomic mass is 15.2. The topological polar surface area (TPSA) is 44.3 Å². The number of nitrogens with zero attached hydrogens (tertiary/aromatic N) is 4. The zero-order valence-corrected chi connectivity index (χ0v) is 14.9. The van der Waals surface area contributed by atoms with Gasteiger partial charge in [0.1, 0.15) is 12.1 Å². The van der Waals surface area contributed by atoms with Crippen LogP contribution in [0.2, 0.25) is 0 Å². The van der Waals surface area contributed by atoms with Crippen molar-refractivity contribution < 1.29 is 0 Å². The average Bonchev–Trinajstić information content (AvgIpc) is 2.73. The summed E-state index contributed by atoms with van der Waals surface area (Å²) >= 11 is 0. The van der Waals surface area contributed by atoms with Crippen LogP contribution in [0.15, 0.2) is 48.8 Å². The summed E-state index contributed by atoms with van der Waals surface area (Å²) in [5, 5.41) is 6.02. The second-order valence-corrected chi connectivity index (χ2v) is 7.03. The van der Waals surface area contributed by atoms with Crippen LogP contribution in [-0.2, 0) is 13.0 Å². The molecule has 0 spiro atoms. The van der Waals surface area contributed by atoms with Gasteiger partial charge in [0.2, 0.25) is 0 Å². The Balaban J connectivity index is 1.49. The van der Waals surface area contributed by atoms with Gasteiger partial charge in [0.15, 0.2) is 0 Å². The normalized spacial score (nSPS) is 17.4. The summed E-state index contributed by atoms with van der Waals surface area (Å²) in [6.07, 6.45) is 2.74. The summed E-state index contributed by atoms with van der Waals surface area (Å²) in [6.45, 7) is 5.97. The van der Waals surface area contributed by atoms with Crippen LogP contribution in [0.1, 0.15) is 11.3 Å². The molecule has 1 fully saturated rings. The molecule has 0 radical (unpaired) electrons. The number of nitrogens with one attached hydrogen (secondary N) is 1. The molecule has 26 heavy (non-hydrogen) atoms. The monoisotopic (exact) mass is 345 g/mol. The lowest BCUT2D eigenvalue weighted by Crippen LogP contribution is -2.45. The van der Waals surface area contributed by atoms with Crippen molar-refractivity contribution in [2.75, 3.05) is 42.5 Å². The molecule has 132 valence electrons. The summed E-state index contributed by atoms with van der Waals surface area (Å²) in [7, 11) is 0. The molecule has 2 aromatic carbocycles. The molecule has 0 aliphatic carbocycles. The molecule has 1 N–H and O–H groups in total. The number of hydrogen-bond donors (Lipinski definition) is 1. The van der Waals surface area contributed by atoms with E-state index in [4.69, 9.17) is 0 Å². The van der Waals surface area contributed by atoms with E-state index in [1.165, 1.54) is 27.7 Å². The van der Waals surface area contributed by atoms with Gasteiger partial charge in [0, 0.05) is 49.4 Å². The van der Waals surface area contributed by atoms with Crippen molar-refractivity contribution in [3.63, 3.8) is 0 Å². The Bertz CT molecular complexity index is 927. The predicted octanol–water partition coefficient (Wildman–Crippen LogP) is 2.60. The Morgan fingerprint density at radius 1 is 0.846 bits per heavy atom. The first kappa shape index (κ1) is 15.6. The lowest BCUT2D eigenvalue weighted by molar-refractivity contribution is 0.579. The molecule has 5 rings (SSSR count). The van der Waals surface area contributed by atoms with Gasteiger partial charge in [-0.1, -0.05) is 36.4 Å². The molecule has 3 heterocycles. The van der Waals surface area contributed by atoms with Crippen LogP contribution in [0.5, 0.6) is 0 Å². The second kappa shape index (κ2) is 6.57. The van der Waals surface area contributed by atoms with Crippen molar-refractivity contribution in [2.45, 2.75) is 13.0 Å². The van der Waals surface area contributed by atoms with E-state index >= 15 is 0 Å². The number of hydrogen-bond acceptors (Lipinski definition) is 5. The maximum Gasteiger partial charge on any atom is 0.135 e. The lowest BCUT2D eigenvalue weighted by atomic mass is 10.0. The van der Waals surface area contributed by atoms with E-state index in [9.17, 15) is 0 Å². The van der Waals surface area contributed by atoms with Crippen LogP contribution in [-0.4, -0.2) is 42.7 Å². The lowest BCUT2D eigenvalue weighted by Gasteiger charge is -2.35. The SMILES string of the molecule is c1ccc2c(N3CCc4c(ncnc4N4CCNCC4)C3)cccc2c1. The molecule has 0 unspecified atom stereocenters. The number of anilines is 2. The van der Waals surface area contributed by atoms with Gasteiger partial charge in [0.25, 0.3) is 0 Å². The second-order valence-electron chi connectivity index (χ2n) is 7.03. The highest BCUT2D eigenvalue weighted by molar-refractivity contribution is 5.94. The van der Waals surface area contributed by atoms with Crippen LogP contribution in [0.25, 0.3) is 10.8 Å². The Morgan fingerprint density at radius 2 is 1.69 bits per heavy atom. The zero-order valence-electron chi connectivity index (χ0n) is 14.9. The number of rotatable bonds is 2. The van der Waals surface area contributed by atoms with Crippen molar-refractivity contribution in [3.05, 3.63) is 60.0 Å². The van der Waals surface area contributed by atoms with Crippen LogP contribution < -0.4 is 15.1 Å². The fourth-order valence-electron chi connectivity index (χ4n) is 4.18. The number of benzene rings is 2. The van der Waals surface area contributed by atoms with E-state index in [2.05, 4.69) is 67.5 Å². The molecule has 1 saturated heterocycles. The van der Waals surface area contributed by atoms with Crippen molar-refractivity contribution in [2.24, 2.45) is 0 Å². The zero-order chi connectivity index (χ0) is 17.3. The third kappa shape index (κ3) is 2.69. The molecular weight excluding hydrogens is 322 g/mol. The van der Waals surface area contributed by atoms with Gasteiger partial charge in [-0.15, -0.1) is 0 Å². The molecule has 3 aromatic rings. The molecule has 0 atom stereocenters. The highest BCUT2D eigenvalue weighted by Gasteiger charge is 2.25. The summed E-state index contributed by atoms with van der Waals surface area (Å²) in [4.78, 5) is 14.1. The molecule has 5 nitrogen and oxygen atoms in total. The van der Waals surface area contributed by atoms with E-state index in [0.29, 0.717) is 0 Å². The van der Waals surface area contributed by atoms with E-state index in [1.54, 1.807) is 6.33 Å². The van der Waals surface area contributed by atoms with E-state index < -0.39 is 0 Å². The van der Waals surface area contributed by atoms with Gasteiger partial charge in [-0.3, -0.25) is 0 Å². The van der Waals surface area contributed by atoms with Gasteiger partial charge < -0.3 is 15.1 Å². The highest BCUT2D eigenvalue weighted by Crippen LogP contribution is 2.32. The molecule has 0 bridgehead atoms. The molecule has 0 amide bonds. The van der Waals surface area contributed by atoms with Crippen molar-refractivity contribution in [3.8, 4) is 0 Å². The smallest absolute Gasteiger partial charge is 0.135 e. The van der Waals surface area contributed by atoms with Gasteiger partial charge in [0.05, 0.1) is 12.2 Å². The van der Waals surface area contributed by atoms with E-state index in [1.807, 2.05) is 0 Å². The van der Waals surface area contributed by atoms with Crippen molar-refractivity contribution in [1.29, 1.82) is 0 Å². The third-order valence-electron chi connectivity index (χ3n) is 5.51. The van der Waals surface area contributed by atoms with E-state index in [0.717, 1.165) is 51.5 Å². The average molecular weight is 345 g/mol. The van der Waals surface area contributed by atoms with Gasteiger partial charge >= 0.3 is 0 Å². The van der Waals surface area contributed by atoms with Crippen LogP contribution in [0.3, 0.4) is 0 Å². The summed E-state index contributed by atoms with van der Waals surface area (Å²) in [5.74, 6) is 1.15. The number of fused-ring (bicyclic) bond motifs is 2. The largest absolute Gasteiger partial charge is 0.365 e. The van der Waals surface area contributed by atoms with Crippen LogP contribution in [0, 0.1) is 0 Å². The standard InChI is InChI=1S/C21H23N5/c1-2-6-17-16(4-1)5-3-7-20(17)26-11-8-18-19(14-26)23-15-24-21(18)25-12-9-22-10-13-25/h1-7,15,22H,8-14H2. The molecule has 2 aliphatic rings. The Labute approximate surface area is 153 Å². The minimum atomic E-state index is 0.852. The molecule has 0 saturated carbocycles. The Hall–Kier alpha value is -2.66. The van der Waals surface area contributed by atoms with Gasteiger partial charge in [-0.25, -0.2) is 9.97 Å². The first-order chi connectivity index (χ1) is 12.9. The fourth-order valence-corrected chi connectivity index (χ4v) is 4.18. The fraction of sp³-hybridized carbons (Fsp3) is 0.333. The van der Waals surface area contributed by atoms with Crippen LogP contribution in [0.4, 0.5) is 11.5 Å². The molecule has 5 heteroatoms. The minimum absolute atomic E-state index is 0.852. The molecular formula is C21H23N5. The Morgan fingerprint density at radius 3 is 2.62 bits per heavy atom. The van der Waals surface area contributed by atoms with Crippen LogP contribution >= 0.6 is 0 Å². The number of aromatic nitrogens is 2. The number of piperazine rings is 1. The first-order valence-corrected chi connectivity index (χ1v) is 9.41. The third-order valence-corrected chi connectivity index (χ3v) is 5.51. The van der Waals surface area contributed by atoms with E-state index in [-0.39, 0.29) is 0 Å². The predicted molar refractivity (Wildman–Crippen MR) is 106 cm³/mol. The Kier molecular flexibility index (Phi) is 3.94. The maximum atomic E-state index is 4.64. The molecule has 1 aromatic heterocycles. The van der Waals surface area contributed by atoms with Crippen molar-refractivity contribution in [1.82, 2.24) is 15.3 Å². The summed E-state index contributed by atoms with van der Waals surface area (Å²) in [6, 6.07) is 15.2. The summed E-state index contributed by atoms with van der Waals surface area (Å²) < 4.78 is 0. The van der Waals surface area contributed by atoms with Gasteiger partial charge in [-0.05, 0) is 17.9 Å². The molecule has 2 aliphatic heterocycles. The minimum Gasteiger partial charge on any atom is -0.365 e. The maximum absolute atomic E-state index is 4.64. The van der Waals surface area contributed by atoms with Gasteiger partial charge in [-0.2, -0.15) is 0 Å². The quantitative estimate of drug-likeness (QED) is 0.773. The van der Waals surface area contributed by atoms with Crippen molar-refractivity contribution >= 4 is 22.3 Å².